The van der Waals surface area contributed by atoms with Crippen LogP contribution < -0.4 is 10.6 Å². The summed E-state index contributed by atoms with van der Waals surface area (Å²) in [6.45, 7) is 0.363. The third kappa shape index (κ3) is 5.41. The molecule has 6 nitrogen and oxygen atoms in total. The molecule has 0 saturated heterocycles. The summed E-state index contributed by atoms with van der Waals surface area (Å²) in [7, 11) is 0. The van der Waals surface area contributed by atoms with Gasteiger partial charge in [-0.05, 0) is 28.5 Å². The topological polar surface area (TPSA) is 84.0 Å². The predicted octanol–water partition coefficient (Wildman–Crippen LogP) is 5.01. The van der Waals surface area contributed by atoms with Gasteiger partial charge >= 0.3 is 0 Å². The maximum absolute atomic E-state index is 12.7. The number of carbonyl (C=O) groups excluding carboxylic acids is 2. The molecule has 3 aromatic carbocycles. The molecule has 0 aliphatic carbocycles. The van der Waals surface area contributed by atoms with E-state index in [4.69, 9.17) is 11.6 Å². The summed E-state index contributed by atoms with van der Waals surface area (Å²) in [6, 6.07) is 20.7. The zero-order chi connectivity index (χ0) is 21.6. The van der Waals surface area contributed by atoms with E-state index in [1.807, 2.05) is 54.6 Å². The standard InChI is InChI=1S/C22H17ClN4O2S2/c23-18-11-4-2-7-15(18)12-24-19(28)13-30-22-27-26-21(31-22)25-20(29)17-10-5-8-14-6-1-3-9-16(14)17/h1-11H,12-13H2,(H,24,28)(H,25,26,29). The van der Waals surface area contributed by atoms with Crippen LogP contribution in [0.5, 0.6) is 0 Å². The summed E-state index contributed by atoms with van der Waals surface area (Å²) in [5.41, 5.74) is 1.43. The second kappa shape index (κ2) is 9.91. The number of anilines is 1. The van der Waals surface area contributed by atoms with E-state index in [-0.39, 0.29) is 17.6 Å². The van der Waals surface area contributed by atoms with Crippen molar-refractivity contribution in [1.29, 1.82) is 0 Å². The summed E-state index contributed by atoms with van der Waals surface area (Å²) >= 11 is 8.58. The molecule has 0 bridgehead atoms. The molecule has 1 heterocycles. The van der Waals surface area contributed by atoms with Crippen molar-refractivity contribution in [2.45, 2.75) is 10.9 Å². The zero-order valence-electron chi connectivity index (χ0n) is 16.2. The van der Waals surface area contributed by atoms with Crippen LogP contribution in [0.4, 0.5) is 5.13 Å². The van der Waals surface area contributed by atoms with E-state index in [2.05, 4.69) is 20.8 Å². The summed E-state index contributed by atoms with van der Waals surface area (Å²) in [5.74, 6) is -0.195. The molecule has 0 saturated carbocycles. The second-order valence-electron chi connectivity index (χ2n) is 6.51. The summed E-state index contributed by atoms with van der Waals surface area (Å²) in [4.78, 5) is 24.8. The SMILES string of the molecule is O=C(CSc1nnc(NC(=O)c2cccc3ccccc23)s1)NCc1ccccc1Cl. The predicted molar refractivity (Wildman–Crippen MR) is 126 cm³/mol. The van der Waals surface area contributed by atoms with Crippen molar-refractivity contribution in [1.82, 2.24) is 15.5 Å². The molecule has 0 aliphatic rings. The molecule has 0 radical (unpaired) electrons. The Balaban J connectivity index is 1.31. The molecule has 31 heavy (non-hydrogen) atoms. The largest absolute Gasteiger partial charge is 0.351 e. The first-order valence-electron chi connectivity index (χ1n) is 9.35. The number of rotatable bonds is 7. The zero-order valence-corrected chi connectivity index (χ0v) is 18.6. The van der Waals surface area contributed by atoms with Gasteiger partial charge in [-0.25, -0.2) is 0 Å². The third-order valence-corrected chi connectivity index (χ3v) is 6.76. The lowest BCUT2D eigenvalue weighted by Crippen LogP contribution is -2.24. The van der Waals surface area contributed by atoms with Crippen LogP contribution in [0, 0.1) is 0 Å². The monoisotopic (exact) mass is 468 g/mol. The highest BCUT2D eigenvalue weighted by Gasteiger charge is 2.14. The van der Waals surface area contributed by atoms with Crippen LogP contribution in [-0.4, -0.2) is 27.8 Å². The molecule has 2 amide bonds. The van der Waals surface area contributed by atoms with Gasteiger partial charge < -0.3 is 5.32 Å². The van der Waals surface area contributed by atoms with Crippen LogP contribution in [0.25, 0.3) is 10.8 Å². The lowest BCUT2D eigenvalue weighted by molar-refractivity contribution is -0.118. The van der Waals surface area contributed by atoms with Crippen molar-refractivity contribution in [3.8, 4) is 0 Å². The lowest BCUT2D eigenvalue weighted by Gasteiger charge is -2.06. The number of hydrogen-bond donors (Lipinski definition) is 2. The fraction of sp³-hybridized carbons (Fsp3) is 0.0909. The van der Waals surface area contributed by atoms with E-state index in [1.54, 1.807) is 12.1 Å². The Labute approximate surface area is 192 Å². The lowest BCUT2D eigenvalue weighted by atomic mass is 10.0. The molecule has 0 aliphatic heterocycles. The van der Waals surface area contributed by atoms with Crippen molar-refractivity contribution in [2.24, 2.45) is 0 Å². The van der Waals surface area contributed by atoms with Gasteiger partial charge in [-0.1, -0.05) is 89.3 Å². The fourth-order valence-electron chi connectivity index (χ4n) is 2.92. The molecule has 9 heteroatoms. The minimum atomic E-state index is -0.248. The quantitative estimate of drug-likeness (QED) is 0.294. The Kier molecular flexibility index (Phi) is 6.81. The molecular weight excluding hydrogens is 452 g/mol. The molecule has 0 fully saturated rings. The second-order valence-corrected chi connectivity index (χ2v) is 9.12. The van der Waals surface area contributed by atoms with Gasteiger partial charge in [0.2, 0.25) is 11.0 Å². The highest BCUT2D eigenvalue weighted by atomic mass is 35.5. The highest BCUT2D eigenvalue weighted by Crippen LogP contribution is 2.26. The Morgan fingerprint density at radius 3 is 2.61 bits per heavy atom. The van der Waals surface area contributed by atoms with Gasteiger partial charge in [-0.2, -0.15) is 0 Å². The van der Waals surface area contributed by atoms with Crippen LogP contribution in [0.2, 0.25) is 5.02 Å². The minimum Gasteiger partial charge on any atom is -0.351 e. The highest BCUT2D eigenvalue weighted by molar-refractivity contribution is 8.01. The smallest absolute Gasteiger partial charge is 0.258 e. The summed E-state index contributed by atoms with van der Waals surface area (Å²) in [6.07, 6.45) is 0. The van der Waals surface area contributed by atoms with E-state index >= 15 is 0 Å². The van der Waals surface area contributed by atoms with E-state index < -0.39 is 0 Å². The first-order valence-corrected chi connectivity index (χ1v) is 11.5. The van der Waals surface area contributed by atoms with E-state index in [0.29, 0.717) is 26.6 Å². The van der Waals surface area contributed by atoms with Gasteiger partial charge in [0.25, 0.3) is 5.91 Å². The number of nitrogens with zero attached hydrogens (tertiary/aromatic N) is 2. The number of amides is 2. The molecule has 4 rings (SSSR count). The number of aromatic nitrogens is 2. The van der Waals surface area contributed by atoms with Crippen LogP contribution in [0.1, 0.15) is 15.9 Å². The van der Waals surface area contributed by atoms with E-state index in [9.17, 15) is 9.59 Å². The van der Waals surface area contributed by atoms with Crippen molar-refractivity contribution in [3.63, 3.8) is 0 Å². The maximum atomic E-state index is 12.7. The molecule has 1 aromatic heterocycles. The van der Waals surface area contributed by atoms with Gasteiger partial charge in [-0.15, -0.1) is 10.2 Å². The Hall–Kier alpha value is -2.94. The first-order chi connectivity index (χ1) is 15.1. The fourth-order valence-corrected chi connectivity index (χ4v) is 4.70. The van der Waals surface area contributed by atoms with Gasteiger partial charge in [-0.3, -0.25) is 14.9 Å². The van der Waals surface area contributed by atoms with Crippen molar-refractivity contribution in [3.05, 3.63) is 82.9 Å². The molecule has 2 N–H and O–H groups in total. The van der Waals surface area contributed by atoms with Gasteiger partial charge in [0, 0.05) is 17.1 Å². The number of fused-ring (bicyclic) bond motifs is 1. The summed E-state index contributed by atoms with van der Waals surface area (Å²) in [5, 5.41) is 16.5. The molecule has 0 spiro atoms. The number of nitrogens with one attached hydrogen (secondary N) is 2. The van der Waals surface area contributed by atoms with Gasteiger partial charge in [0.05, 0.1) is 5.75 Å². The van der Waals surface area contributed by atoms with Crippen molar-refractivity contribution in [2.75, 3.05) is 11.1 Å². The number of halogens is 1. The average Bonchev–Trinajstić information content (AvgIpc) is 3.24. The van der Waals surface area contributed by atoms with Crippen molar-refractivity contribution >= 4 is 62.4 Å². The van der Waals surface area contributed by atoms with E-state index in [0.717, 1.165) is 16.3 Å². The maximum Gasteiger partial charge on any atom is 0.258 e. The normalized spacial score (nSPS) is 10.7. The first kappa shape index (κ1) is 21.3. The summed E-state index contributed by atoms with van der Waals surface area (Å²) < 4.78 is 0.598. The number of hydrogen-bond acceptors (Lipinski definition) is 6. The van der Waals surface area contributed by atoms with Crippen molar-refractivity contribution < 1.29 is 9.59 Å². The molecule has 4 aromatic rings. The third-order valence-electron chi connectivity index (χ3n) is 4.42. The van der Waals surface area contributed by atoms with Crippen LogP contribution in [-0.2, 0) is 11.3 Å². The Morgan fingerprint density at radius 2 is 1.74 bits per heavy atom. The minimum absolute atomic E-state index is 0.138. The van der Waals surface area contributed by atoms with Crippen LogP contribution in [0.15, 0.2) is 71.1 Å². The molecule has 0 unspecified atom stereocenters. The molecule has 0 atom stereocenters. The molecular formula is C22H17ClN4O2S2. The number of benzene rings is 3. The van der Waals surface area contributed by atoms with Crippen LogP contribution >= 0.6 is 34.7 Å². The van der Waals surface area contributed by atoms with Gasteiger partial charge in [0.15, 0.2) is 4.34 Å². The average molecular weight is 469 g/mol. The Morgan fingerprint density at radius 1 is 0.968 bits per heavy atom. The van der Waals surface area contributed by atoms with Gasteiger partial charge in [0.1, 0.15) is 0 Å². The van der Waals surface area contributed by atoms with E-state index in [1.165, 1.54) is 23.1 Å². The van der Waals surface area contributed by atoms with Crippen LogP contribution in [0.3, 0.4) is 0 Å². The number of thioether (sulfide) groups is 1. The molecule has 156 valence electrons. The Bertz CT molecular complexity index is 1240. The number of carbonyl (C=O) groups is 2.